The quantitative estimate of drug-likeness (QED) is 0.494. The maximum absolute atomic E-state index is 11.5. The van der Waals surface area contributed by atoms with Gasteiger partial charge in [0.1, 0.15) is 6.04 Å². The Balaban J connectivity index is 4.07. The van der Waals surface area contributed by atoms with Gasteiger partial charge in [0.15, 0.2) is 0 Å². The number of carboxylic acids is 1. The van der Waals surface area contributed by atoms with Crippen LogP contribution in [-0.4, -0.2) is 70.3 Å². The van der Waals surface area contributed by atoms with Crippen molar-refractivity contribution in [3.05, 3.63) is 0 Å². The van der Waals surface area contributed by atoms with Crippen molar-refractivity contribution in [2.24, 2.45) is 0 Å². The first kappa shape index (κ1) is 17.6. The standard InChI is InChI=1S/C11H22N2O6/c1-17-5-4-9(10(14)15)13-11(16)12-6-8(19-3)7-18-2/h8-9H,4-7H2,1-3H3,(H,14,15)(H2,12,13,16). The van der Waals surface area contributed by atoms with Crippen LogP contribution in [0.4, 0.5) is 4.79 Å². The number of methoxy groups -OCH3 is 3. The molecule has 19 heavy (non-hydrogen) atoms. The molecule has 0 heterocycles. The van der Waals surface area contributed by atoms with E-state index in [4.69, 9.17) is 19.3 Å². The van der Waals surface area contributed by atoms with E-state index in [2.05, 4.69) is 10.6 Å². The second kappa shape index (κ2) is 10.5. The molecule has 0 aromatic rings. The number of carbonyl (C=O) groups is 2. The molecular weight excluding hydrogens is 256 g/mol. The molecule has 2 unspecified atom stereocenters. The highest BCUT2D eigenvalue weighted by atomic mass is 16.5. The first-order valence-corrected chi connectivity index (χ1v) is 5.83. The molecule has 3 N–H and O–H groups in total. The van der Waals surface area contributed by atoms with E-state index in [-0.39, 0.29) is 25.7 Å². The Bertz CT molecular complexity index is 274. The van der Waals surface area contributed by atoms with E-state index >= 15 is 0 Å². The van der Waals surface area contributed by atoms with Gasteiger partial charge in [0.25, 0.3) is 0 Å². The predicted octanol–water partition coefficient (Wildman–Crippen LogP) is -0.563. The lowest BCUT2D eigenvalue weighted by Gasteiger charge is -2.17. The number of nitrogens with one attached hydrogen (secondary N) is 2. The molecule has 0 radical (unpaired) electrons. The summed E-state index contributed by atoms with van der Waals surface area (Å²) in [6.07, 6.45) is -0.0802. The third kappa shape index (κ3) is 8.36. The van der Waals surface area contributed by atoms with Crippen LogP contribution < -0.4 is 10.6 Å². The number of hydrogen-bond donors (Lipinski definition) is 3. The molecule has 0 aromatic carbocycles. The zero-order valence-electron chi connectivity index (χ0n) is 11.5. The summed E-state index contributed by atoms with van der Waals surface area (Å²) in [6, 6.07) is -1.55. The first-order valence-electron chi connectivity index (χ1n) is 5.83. The summed E-state index contributed by atoms with van der Waals surface area (Å²) in [5.41, 5.74) is 0. The van der Waals surface area contributed by atoms with Crippen molar-refractivity contribution in [3.63, 3.8) is 0 Å². The number of urea groups is 1. The van der Waals surface area contributed by atoms with E-state index in [0.29, 0.717) is 6.61 Å². The minimum Gasteiger partial charge on any atom is -0.480 e. The lowest BCUT2D eigenvalue weighted by Crippen LogP contribution is -2.48. The van der Waals surface area contributed by atoms with Crippen LogP contribution in [0.5, 0.6) is 0 Å². The fourth-order valence-corrected chi connectivity index (χ4v) is 1.31. The third-order valence-electron chi connectivity index (χ3n) is 2.39. The maximum atomic E-state index is 11.5. The van der Waals surface area contributed by atoms with E-state index in [1.165, 1.54) is 21.3 Å². The SMILES string of the molecule is COCCC(NC(=O)NCC(COC)OC)C(=O)O. The Hall–Kier alpha value is -1.38. The molecule has 2 atom stereocenters. The molecule has 0 spiro atoms. The van der Waals surface area contributed by atoms with Gasteiger partial charge in [-0.2, -0.15) is 0 Å². The van der Waals surface area contributed by atoms with Gasteiger partial charge in [-0.3, -0.25) is 0 Å². The lowest BCUT2D eigenvalue weighted by atomic mass is 10.2. The van der Waals surface area contributed by atoms with Gasteiger partial charge in [-0.05, 0) is 0 Å². The number of aliphatic carboxylic acids is 1. The highest BCUT2D eigenvalue weighted by Crippen LogP contribution is 1.94. The average Bonchev–Trinajstić information content (AvgIpc) is 2.38. The van der Waals surface area contributed by atoms with Crippen molar-refractivity contribution in [3.8, 4) is 0 Å². The smallest absolute Gasteiger partial charge is 0.326 e. The fraction of sp³-hybridized carbons (Fsp3) is 0.818. The lowest BCUT2D eigenvalue weighted by molar-refractivity contribution is -0.139. The van der Waals surface area contributed by atoms with Crippen LogP contribution in [0.1, 0.15) is 6.42 Å². The summed E-state index contributed by atoms with van der Waals surface area (Å²) in [7, 11) is 4.49. The zero-order chi connectivity index (χ0) is 14.7. The van der Waals surface area contributed by atoms with Gasteiger partial charge in [0.05, 0.1) is 12.7 Å². The van der Waals surface area contributed by atoms with Crippen LogP contribution in [0.15, 0.2) is 0 Å². The van der Waals surface area contributed by atoms with Gasteiger partial charge in [-0.15, -0.1) is 0 Å². The molecule has 0 saturated carbocycles. The molecular formula is C11H22N2O6. The molecule has 0 aliphatic heterocycles. The molecule has 8 heteroatoms. The average molecular weight is 278 g/mol. The molecule has 0 rings (SSSR count). The van der Waals surface area contributed by atoms with Crippen molar-refractivity contribution < 1.29 is 28.9 Å². The van der Waals surface area contributed by atoms with Crippen LogP contribution in [0, 0.1) is 0 Å². The molecule has 0 bridgehead atoms. The van der Waals surface area contributed by atoms with Gasteiger partial charge in [0, 0.05) is 40.9 Å². The van der Waals surface area contributed by atoms with Gasteiger partial charge in [0.2, 0.25) is 0 Å². The molecule has 0 aliphatic carbocycles. The number of carbonyl (C=O) groups excluding carboxylic acids is 1. The Morgan fingerprint density at radius 3 is 2.37 bits per heavy atom. The van der Waals surface area contributed by atoms with Gasteiger partial charge in [-0.25, -0.2) is 9.59 Å². The minimum absolute atomic E-state index is 0.199. The van der Waals surface area contributed by atoms with Gasteiger partial charge >= 0.3 is 12.0 Å². The van der Waals surface area contributed by atoms with Crippen molar-refractivity contribution >= 4 is 12.0 Å². The van der Waals surface area contributed by atoms with Crippen LogP contribution in [-0.2, 0) is 19.0 Å². The third-order valence-corrected chi connectivity index (χ3v) is 2.39. The number of amides is 2. The van der Waals surface area contributed by atoms with E-state index in [0.717, 1.165) is 0 Å². The number of carboxylic acid groups (broad SMARTS) is 1. The van der Waals surface area contributed by atoms with Crippen molar-refractivity contribution in [1.29, 1.82) is 0 Å². The zero-order valence-corrected chi connectivity index (χ0v) is 11.5. The van der Waals surface area contributed by atoms with E-state index in [1.807, 2.05) is 0 Å². The summed E-state index contributed by atoms with van der Waals surface area (Å²) >= 11 is 0. The molecule has 0 aliphatic rings. The number of rotatable bonds is 10. The summed E-state index contributed by atoms with van der Waals surface area (Å²) in [6.45, 7) is 0.817. The second-order valence-corrected chi connectivity index (χ2v) is 3.84. The Labute approximate surface area is 112 Å². The molecule has 2 amide bonds. The van der Waals surface area contributed by atoms with E-state index in [9.17, 15) is 9.59 Å². The molecule has 0 fully saturated rings. The van der Waals surface area contributed by atoms with Crippen LogP contribution >= 0.6 is 0 Å². The molecule has 0 saturated heterocycles. The monoisotopic (exact) mass is 278 g/mol. The maximum Gasteiger partial charge on any atom is 0.326 e. The number of hydrogen-bond acceptors (Lipinski definition) is 5. The highest BCUT2D eigenvalue weighted by Gasteiger charge is 2.19. The second-order valence-electron chi connectivity index (χ2n) is 3.84. The Kier molecular flexibility index (Phi) is 9.77. The van der Waals surface area contributed by atoms with Gasteiger partial charge < -0.3 is 30.0 Å². The highest BCUT2D eigenvalue weighted by molar-refractivity contribution is 5.82. The van der Waals surface area contributed by atoms with Crippen molar-refractivity contribution in [2.45, 2.75) is 18.6 Å². The number of ether oxygens (including phenoxy) is 3. The summed E-state index contributed by atoms with van der Waals surface area (Å²) < 4.78 is 14.7. The van der Waals surface area contributed by atoms with E-state index in [1.54, 1.807) is 0 Å². The molecule has 112 valence electrons. The molecule has 0 aromatic heterocycles. The first-order chi connectivity index (χ1) is 9.04. The Morgan fingerprint density at radius 1 is 1.21 bits per heavy atom. The van der Waals surface area contributed by atoms with Crippen LogP contribution in [0.2, 0.25) is 0 Å². The topological polar surface area (TPSA) is 106 Å². The Morgan fingerprint density at radius 2 is 1.89 bits per heavy atom. The van der Waals surface area contributed by atoms with Gasteiger partial charge in [-0.1, -0.05) is 0 Å². The molecule has 8 nitrogen and oxygen atoms in total. The fourth-order valence-electron chi connectivity index (χ4n) is 1.31. The van der Waals surface area contributed by atoms with Crippen LogP contribution in [0.3, 0.4) is 0 Å². The minimum atomic E-state index is -1.10. The van der Waals surface area contributed by atoms with Crippen molar-refractivity contribution in [1.82, 2.24) is 10.6 Å². The normalized spacial score (nSPS) is 13.6. The summed E-state index contributed by atoms with van der Waals surface area (Å²) in [5, 5.41) is 13.8. The largest absolute Gasteiger partial charge is 0.480 e. The predicted molar refractivity (Wildman–Crippen MR) is 67.1 cm³/mol. The van der Waals surface area contributed by atoms with E-state index < -0.39 is 18.0 Å². The summed E-state index contributed by atoms with van der Waals surface area (Å²) in [5.74, 6) is -1.10. The van der Waals surface area contributed by atoms with Crippen LogP contribution in [0.25, 0.3) is 0 Å². The van der Waals surface area contributed by atoms with Crippen molar-refractivity contribution in [2.75, 3.05) is 41.1 Å². The summed E-state index contributed by atoms with van der Waals surface area (Å²) in [4.78, 5) is 22.4.